The molecule has 3 aromatic heterocycles. The van der Waals surface area contributed by atoms with Crippen LogP contribution in [0.1, 0.15) is 24.9 Å². The number of fused-ring (bicyclic) bond motifs is 1. The van der Waals surface area contributed by atoms with Crippen molar-refractivity contribution in [2.24, 2.45) is 0 Å². The fourth-order valence-corrected chi connectivity index (χ4v) is 2.26. The fraction of sp³-hybridized carbons (Fsp3) is 0.286. The van der Waals surface area contributed by atoms with Gasteiger partial charge in [0, 0.05) is 36.9 Å². The molecular weight excluding hydrogens is 268 g/mol. The second kappa shape index (κ2) is 5.74. The van der Waals surface area contributed by atoms with Gasteiger partial charge in [0.25, 0.3) is 0 Å². The molecule has 0 aliphatic heterocycles. The van der Waals surface area contributed by atoms with Crippen LogP contribution in [0.4, 0.5) is 0 Å². The van der Waals surface area contributed by atoms with E-state index in [4.69, 9.17) is 0 Å². The zero-order valence-corrected chi connectivity index (χ0v) is 11.7. The molecule has 0 fully saturated rings. The van der Waals surface area contributed by atoms with Gasteiger partial charge in [-0.15, -0.1) is 0 Å². The van der Waals surface area contributed by atoms with Crippen LogP contribution in [0.2, 0.25) is 0 Å². The molecule has 7 heteroatoms. The highest BCUT2D eigenvalue weighted by Crippen LogP contribution is 2.11. The minimum atomic E-state index is -0.296. The minimum Gasteiger partial charge on any atom is -0.350 e. The van der Waals surface area contributed by atoms with Crippen LogP contribution in [0, 0.1) is 0 Å². The van der Waals surface area contributed by atoms with Crippen molar-refractivity contribution in [2.75, 3.05) is 0 Å². The number of aromatic nitrogens is 5. The van der Waals surface area contributed by atoms with Gasteiger partial charge in [0.2, 0.25) is 5.91 Å². The Bertz CT molecular complexity index is 733. The first-order chi connectivity index (χ1) is 10.3. The average Bonchev–Trinajstić information content (AvgIpc) is 3.15. The van der Waals surface area contributed by atoms with Gasteiger partial charge >= 0.3 is 0 Å². The van der Waals surface area contributed by atoms with E-state index in [1.165, 1.54) is 0 Å². The summed E-state index contributed by atoms with van der Waals surface area (Å²) in [6, 6.07) is 3.33. The molecule has 3 rings (SSSR count). The molecule has 0 radical (unpaired) electrons. The first-order valence-corrected chi connectivity index (χ1v) is 6.83. The summed E-state index contributed by atoms with van der Waals surface area (Å²) in [7, 11) is 0. The Morgan fingerprint density at radius 1 is 1.29 bits per heavy atom. The summed E-state index contributed by atoms with van der Waals surface area (Å²) < 4.78 is 3.36. The molecule has 1 atom stereocenters. The second-order valence-electron chi connectivity index (χ2n) is 4.69. The fourth-order valence-electron chi connectivity index (χ4n) is 2.26. The smallest absolute Gasteiger partial charge is 0.245 e. The molecule has 0 aliphatic carbocycles. The maximum atomic E-state index is 12.3. The van der Waals surface area contributed by atoms with Gasteiger partial charge in [-0.2, -0.15) is 10.2 Å². The molecule has 1 amide bonds. The molecule has 1 unspecified atom stereocenters. The Hall–Kier alpha value is -2.70. The van der Waals surface area contributed by atoms with Gasteiger partial charge in [-0.1, -0.05) is 6.92 Å². The predicted octanol–water partition coefficient (Wildman–Crippen LogP) is 1.19. The minimum absolute atomic E-state index is 0.0588. The van der Waals surface area contributed by atoms with Gasteiger partial charge in [0.05, 0.1) is 6.20 Å². The van der Waals surface area contributed by atoms with E-state index in [1.807, 2.05) is 25.3 Å². The van der Waals surface area contributed by atoms with Crippen molar-refractivity contribution in [1.82, 2.24) is 29.7 Å². The molecule has 0 spiro atoms. The van der Waals surface area contributed by atoms with Gasteiger partial charge < -0.3 is 5.32 Å². The van der Waals surface area contributed by atoms with Crippen LogP contribution in [-0.2, 0) is 11.3 Å². The number of nitrogens with one attached hydrogen (secondary N) is 1. The summed E-state index contributed by atoms with van der Waals surface area (Å²) >= 11 is 0. The molecule has 0 saturated carbocycles. The zero-order valence-electron chi connectivity index (χ0n) is 11.7. The number of hydrogen-bond acceptors (Lipinski definition) is 4. The van der Waals surface area contributed by atoms with E-state index in [9.17, 15) is 4.79 Å². The molecule has 0 aromatic carbocycles. The quantitative estimate of drug-likeness (QED) is 0.763. The number of amides is 1. The lowest BCUT2D eigenvalue weighted by atomic mass is 10.2. The van der Waals surface area contributed by atoms with Crippen molar-refractivity contribution >= 4 is 11.6 Å². The Balaban J connectivity index is 1.71. The highest BCUT2D eigenvalue weighted by Gasteiger charge is 2.18. The van der Waals surface area contributed by atoms with Gasteiger partial charge in [-0.05, 0) is 18.6 Å². The largest absolute Gasteiger partial charge is 0.350 e. The molecule has 3 heterocycles. The van der Waals surface area contributed by atoms with Crippen LogP contribution in [0.5, 0.6) is 0 Å². The molecular formula is C14H16N6O. The van der Waals surface area contributed by atoms with E-state index < -0.39 is 0 Å². The van der Waals surface area contributed by atoms with E-state index in [1.54, 1.807) is 34.0 Å². The molecule has 0 aliphatic rings. The van der Waals surface area contributed by atoms with E-state index in [-0.39, 0.29) is 11.9 Å². The number of nitrogens with zero attached hydrogens (tertiary/aromatic N) is 5. The Kier molecular flexibility index (Phi) is 3.63. The van der Waals surface area contributed by atoms with Crippen molar-refractivity contribution in [3.05, 3.63) is 48.7 Å². The van der Waals surface area contributed by atoms with E-state index in [2.05, 4.69) is 20.5 Å². The third-order valence-electron chi connectivity index (χ3n) is 3.34. The Morgan fingerprint density at radius 2 is 2.14 bits per heavy atom. The molecule has 0 bridgehead atoms. The van der Waals surface area contributed by atoms with Gasteiger partial charge in [-0.3, -0.25) is 9.48 Å². The van der Waals surface area contributed by atoms with Crippen molar-refractivity contribution < 1.29 is 4.79 Å². The normalized spacial score (nSPS) is 12.4. The van der Waals surface area contributed by atoms with Crippen LogP contribution < -0.4 is 5.32 Å². The summed E-state index contributed by atoms with van der Waals surface area (Å²) in [5, 5.41) is 11.3. The summed E-state index contributed by atoms with van der Waals surface area (Å²) in [4.78, 5) is 16.6. The second-order valence-corrected chi connectivity index (χ2v) is 4.69. The Morgan fingerprint density at radius 3 is 2.90 bits per heavy atom. The van der Waals surface area contributed by atoms with Crippen LogP contribution in [0.3, 0.4) is 0 Å². The summed E-state index contributed by atoms with van der Waals surface area (Å²) in [5.74, 6) is -0.0588. The monoisotopic (exact) mass is 284 g/mol. The third kappa shape index (κ3) is 2.62. The van der Waals surface area contributed by atoms with Crippen LogP contribution in [-0.4, -0.2) is 30.3 Å². The van der Waals surface area contributed by atoms with E-state index in [0.29, 0.717) is 13.0 Å². The topological polar surface area (TPSA) is 77.1 Å². The maximum Gasteiger partial charge on any atom is 0.245 e. The predicted molar refractivity (Wildman–Crippen MR) is 76.4 cm³/mol. The highest BCUT2D eigenvalue weighted by atomic mass is 16.2. The summed E-state index contributed by atoms with van der Waals surface area (Å²) in [6.45, 7) is 2.36. The summed E-state index contributed by atoms with van der Waals surface area (Å²) in [6.07, 6.45) is 9.40. The van der Waals surface area contributed by atoms with E-state index >= 15 is 0 Å². The number of rotatable bonds is 5. The highest BCUT2D eigenvalue weighted by molar-refractivity contribution is 5.80. The molecule has 21 heavy (non-hydrogen) atoms. The lowest BCUT2D eigenvalue weighted by Gasteiger charge is -2.15. The zero-order chi connectivity index (χ0) is 14.7. The van der Waals surface area contributed by atoms with Gasteiger partial charge in [0.15, 0.2) is 5.65 Å². The maximum absolute atomic E-state index is 12.3. The molecule has 108 valence electrons. The molecule has 7 nitrogen and oxygen atoms in total. The number of carbonyl (C=O) groups is 1. The molecule has 0 saturated heterocycles. The van der Waals surface area contributed by atoms with E-state index in [0.717, 1.165) is 11.2 Å². The van der Waals surface area contributed by atoms with Crippen LogP contribution in [0.15, 0.2) is 43.1 Å². The van der Waals surface area contributed by atoms with Crippen molar-refractivity contribution in [3.8, 4) is 0 Å². The lowest BCUT2D eigenvalue weighted by Crippen LogP contribution is -2.32. The molecule has 3 aromatic rings. The van der Waals surface area contributed by atoms with Crippen molar-refractivity contribution in [2.45, 2.75) is 25.9 Å². The summed E-state index contributed by atoms with van der Waals surface area (Å²) in [5.41, 5.74) is 1.64. The standard InChI is InChI=1S/C14H16N6O/c1-2-12(19-7-4-6-17-19)14(21)16-9-11-10-18-20-8-3-5-15-13(11)20/h3-8,10,12H,2,9H2,1H3,(H,16,21). The van der Waals surface area contributed by atoms with Crippen LogP contribution in [0.25, 0.3) is 5.65 Å². The lowest BCUT2D eigenvalue weighted by molar-refractivity contribution is -0.124. The number of carbonyl (C=O) groups excluding carboxylic acids is 1. The van der Waals surface area contributed by atoms with Crippen molar-refractivity contribution in [1.29, 1.82) is 0 Å². The van der Waals surface area contributed by atoms with Gasteiger partial charge in [-0.25, -0.2) is 9.50 Å². The van der Waals surface area contributed by atoms with Gasteiger partial charge in [0.1, 0.15) is 6.04 Å². The third-order valence-corrected chi connectivity index (χ3v) is 3.34. The Labute approximate surface area is 121 Å². The first-order valence-electron chi connectivity index (χ1n) is 6.83. The van der Waals surface area contributed by atoms with Crippen molar-refractivity contribution in [3.63, 3.8) is 0 Å². The number of hydrogen-bond donors (Lipinski definition) is 1. The first kappa shape index (κ1) is 13.3. The average molecular weight is 284 g/mol. The van der Waals surface area contributed by atoms with Crippen LogP contribution >= 0.6 is 0 Å². The SMILES string of the molecule is CCC(C(=O)NCc1cnn2cccnc12)n1cccn1. The molecule has 1 N–H and O–H groups in total.